The largest absolute Gasteiger partial charge is 0.477 e. The molecule has 21 heavy (non-hydrogen) atoms. The van der Waals surface area contributed by atoms with Crippen LogP contribution in [0.5, 0.6) is 0 Å². The molecule has 1 aromatic heterocycles. The molecule has 0 radical (unpaired) electrons. The zero-order valence-electron chi connectivity index (χ0n) is 11.2. The normalized spacial score (nSPS) is 11.4. The van der Waals surface area contributed by atoms with Crippen LogP contribution in [0.4, 0.5) is 5.69 Å². The van der Waals surface area contributed by atoms with Gasteiger partial charge in [0, 0.05) is 5.02 Å². The van der Waals surface area contributed by atoms with Crippen LogP contribution >= 0.6 is 22.9 Å². The summed E-state index contributed by atoms with van der Waals surface area (Å²) < 4.78 is 27.3. The number of hydrogen-bond acceptors (Lipinski definition) is 4. The summed E-state index contributed by atoms with van der Waals surface area (Å²) in [4.78, 5) is 10.7. The van der Waals surface area contributed by atoms with Crippen LogP contribution in [-0.2, 0) is 10.0 Å². The van der Waals surface area contributed by atoms with Crippen LogP contribution in [0.25, 0.3) is 0 Å². The van der Waals surface area contributed by atoms with E-state index in [0.29, 0.717) is 21.8 Å². The molecule has 0 fully saturated rings. The molecule has 0 spiro atoms. The molecule has 5 nitrogen and oxygen atoms in total. The summed E-state index contributed by atoms with van der Waals surface area (Å²) in [5.74, 6) is -1.27. The number of hydrogen-bond donors (Lipinski definition) is 2. The molecular weight excluding hydrogens is 334 g/mol. The zero-order valence-corrected chi connectivity index (χ0v) is 13.6. The molecule has 8 heteroatoms. The first kappa shape index (κ1) is 15.8. The van der Waals surface area contributed by atoms with Crippen molar-refractivity contribution in [2.75, 3.05) is 4.72 Å². The van der Waals surface area contributed by atoms with Crippen molar-refractivity contribution < 1.29 is 18.3 Å². The number of carboxylic acids is 1. The summed E-state index contributed by atoms with van der Waals surface area (Å²) in [7, 11) is -3.99. The Morgan fingerprint density at radius 2 is 1.95 bits per heavy atom. The lowest BCUT2D eigenvalue weighted by Gasteiger charge is -2.11. The quantitative estimate of drug-likeness (QED) is 0.888. The predicted octanol–water partition coefficient (Wildman–Crippen LogP) is 3.52. The van der Waals surface area contributed by atoms with E-state index in [-0.39, 0.29) is 9.77 Å². The van der Waals surface area contributed by atoms with E-state index in [4.69, 9.17) is 16.7 Å². The van der Waals surface area contributed by atoms with Crippen molar-refractivity contribution in [2.45, 2.75) is 18.7 Å². The van der Waals surface area contributed by atoms with Gasteiger partial charge in [-0.05, 0) is 42.5 Å². The van der Waals surface area contributed by atoms with Crippen molar-refractivity contribution in [2.24, 2.45) is 0 Å². The summed E-state index contributed by atoms with van der Waals surface area (Å²) in [6.07, 6.45) is 0. The zero-order chi connectivity index (χ0) is 15.8. The Balaban J connectivity index is 2.51. The molecule has 0 aliphatic carbocycles. The molecule has 2 rings (SSSR count). The smallest absolute Gasteiger partial charge is 0.347 e. The van der Waals surface area contributed by atoms with Crippen LogP contribution < -0.4 is 4.72 Å². The van der Waals surface area contributed by atoms with Gasteiger partial charge in [0.2, 0.25) is 0 Å². The van der Waals surface area contributed by atoms with Crippen LogP contribution in [0.3, 0.4) is 0 Å². The molecule has 0 unspecified atom stereocenters. The van der Waals surface area contributed by atoms with E-state index in [9.17, 15) is 13.2 Å². The molecule has 0 saturated carbocycles. The van der Waals surface area contributed by atoms with Gasteiger partial charge in [0.05, 0.1) is 5.69 Å². The van der Waals surface area contributed by atoms with E-state index in [1.165, 1.54) is 11.4 Å². The molecule has 2 aromatic rings. The van der Waals surface area contributed by atoms with Gasteiger partial charge in [-0.15, -0.1) is 11.3 Å². The number of thiophene rings is 1. The number of carboxylic acid groups (broad SMARTS) is 1. The number of aromatic carboxylic acids is 1. The second kappa shape index (κ2) is 5.67. The first-order valence-corrected chi connectivity index (χ1v) is 8.57. The van der Waals surface area contributed by atoms with Gasteiger partial charge in [-0.2, -0.15) is 0 Å². The Labute approximate surface area is 131 Å². The minimum absolute atomic E-state index is 0.209. The maximum atomic E-state index is 12.5. The molecule has 112 valence electrons. The van der Waals surface area contributed by atoms with Crippen LogP contribution in [0.2, 0.25) is 5.02 Å². The molecule has 0 saturated heterocycles. The van der Waals surface area contributed by atoms with Gasteiger partial charge in [-0.25, -0.2) is 13.2 Å². The summed E-state index contributed by atoms with van der Waals surface area (Å²) in [6.45, 7) is 3.29. The lowest BCUT2D eigenvalue weighted by molar-refractivity contribution is 0.0698. The molecule has 2 N–H and O–H groups in total. The van der Waals surface area contributed by atoms with Gasteiger partial charge in [0.1, 0.15) is 9.77 Å². The van der Waals surface area contributed by atoms with Crippen LogP contribution in [-0.4, -0.2) is 19.5 Å². The van der Waals surface area contributed by atoms with E-state index in [1.807, 2.05) is 0 Å². The Kier molecular flexibility index (Phi) is 4.27. The lowest BCUT2D eigenvalue weighted by Crippen LogP contribution is -2.17. The van der Waals surface area contributed by atoms with Crippen molar-refractivity contribution in [1.82, 2.24) is 0 Å². The number of benzene rings is 1. The molecule has 0 amide bonds. The van der Waals surface area contributed by atoms with E-state index >= 15 is 0 Å². The van der Waals surface area contributed by atoms with Crippen molar-refractivity contribution >= 4 is 44.6 Å². The summed E-state index contributed by atoms with van der Waals surface area (Å²) >= 11 is 6.74. The number of anilines is 1. The molecule has 1 heterocycles. The minimum atomic E-state index is -3.99. The van der Waals surface area contributed by atoms with E-state index in [0.717, 1.165) is 11.3 Å². The summed E-state index contributed by atoms with van der Waals surface area (Å²) in [5.41, 5.74) is 1.40. The number of rotatable bonds is 4. The highest BCUT2D eigenvalue weighted by molar-refractivity contribution is 7.93. The third-order valence-corrected chi connectivity index (χ3v) is 5.83. The van der Waals surface area contributed by atoms with Crippen molar-refractivity contribution in [3.63, 3.8) is 0 Å². The number of nitrogens with one attached hydrogen (secondary N) is 1. The van der Waals surface area contributed by atoms with Gasteiger partial charge in [0.25, 0.3) is 10.0 Å². The van der Waals surface area contributed by atoms with Crippen LogP contribution in [0.1, 0.15) is 20.8 Å². The fourth-order valence-electron chi connectivity index (χ4n) is 1.81. The minimum Gasteiger partial charge on any atom is -0.477 e. The highest BCUT2D eigenvalue weighted by atomic mass is 35.5. The van der Waals surface area contributed by atoms with Gasteiger partial charge in [-0.1, -0.05) is 17.7 Å². The first-order chi connectivity index (χ1) is 9.72. The Bertz CT molecular complexity index is 812. The number of halogens is 1. The monoisotopic (exact) mass is 345 g/mol. The highest BCUT2D eigenvalue weighted by Crippen LogP contribution is 2.30. The molecular formula is C13H12ClNO4S2. The average Bonchev–Trinajstić information content (AvgIpc) is 2.76. The molecule has 0 aliphatic heterocycles. The maximum absolute atomic E-state index is 12.5. The molecule has 0 atom stereocenters. The standard InChI is InChI=1S/C13H12ClNO4S2/c1-7-3-4-9(14)5-10(7)15-21(18,19)12-8(2)6-20-11(12)13(16)17/h3-6,15H,1-2H3,(H,16,17). The third-order valence-electron chi connectivity index (χ3n) is 2.82. The van der Waals surface area contributed by atoms with Crippen molar-refractivity contribution in [1.29, 1.82) is 0 Å². The Morgan fingerprint density at radius 3 is 2.57 bits per heavy atom. The fourth-order valence-corrected chi connectivity index (χ4v) is 4.74. The van der Waals surface area contributed by atoms with E-state index < -0.39 is 16.0 Å². The Morgan fingerprint density at radius 1 is 1.29 bits per heavy atom. The third kappa shape index (κ3) is 3.20. The topological polar surface area (TPSA) is 83.5 Å². The number of sulfonamides is 1. The van der Waals surface area contributed by atoms with Crippen molar-refractivity contribution in [3.8, 4) is 0 Å². The number of aryl methyl sites for hydroxylation is 2. The highest BCUT2D eigenvalue weighted by Gasteiger charge is 2.27. The Hall–Kier alpha value is -1.57. The molecule has 0 bridgehead atoms. The van der Waals surface area contributed by atoms with E-state index in [1.54, 1.807) is 26.0 Å². The van der Waals surface area contributed by atoms with Gasteiger partial charge in [-0.3, -0.25) is 4.72 Å². The fraction of sp³-hybridized carbons (Fsp3) is 0.154. The second-order valence-corrected chi connectivity index (χ2v) is 7.38. The van der Waals surface area contributed by atoms with E-state index in [2.05, 4.69) is 4.72 Å². The average molecular weight is 346 g/mol. The van der Waals surface area contributed by atoms with Crippen LogP contribution in [0, 0.1) is 13.8 Å². The summed E-state index contributed by atoms with van der Waals surface area (Å²) in [5, 5.41) is 11.0. The first-order valence-electron chi connectivity index (χ1n) is 5.82. The van der Waals surface area contributed by atoms with Crippen LogP contribution in [0.15, 0.2) is 28.5 Å². The number of carbonyl (C=O) groups is 1. The van der Waals surface area contributed by atoms with Crippen molar-refractivity contribution in [3.05, 3.63) is 44.6 Å². The van der Waals surface area contributed by atoms with Gasteiger partial charge in [0.15, 0.2) is 0 Å². The van der Waals surface area contributed by atoms with Gasteiger partial charge >= 0.3 is 5.97 Å². The lowest BCUT2D eigenvalue weighted by atomic mass is 10.2. The second-order valence-electron chi connectivity index (χ2n) is 4.45. The molecule has 0 aliphatic rings. The maximum Gasteiger partial charge on any atom is 0.347 e. The van der Waals surface area contributed by atoms with Gasteiger partial charge < -0.3 is 5.11 Å². The summed E-state index contributed by atoms with van der Waals surface area (Å²) in [6, 6.07) is 4.81. The predicted molar refractivity (Wildman–Crippen MR) is 83.0 cm³/mol. The SMILES string of the molecule is Cc1ccc(Cl)cc1NS(=O)(=O)c1c(C)csc1C(=O)O. The molecule has 1 aromatic carbocycles.